The largest absolute Gasteiger partial charge is 0.361 e. The van der Waals surface area contributed by atoms with E-state index in [1.54, 1.807) is 23.9 Å². The average Bonchev–Trinajstić information content (AvgIpc) is 3.22. The van der Waals surface area contributed by atoms with E-state index in [1.807, 2.05) is 48.7 Å². The van der Waals surface area contributed by atoms with E-state index >= 15 is 0 Å². The maximum absolute atomic E-state index is 12.7. The van der Waals surface area contributed by atoms with E-state index in [0.717, 1.165) is 22.2 Å². The summed E-state index contributed by atoms with van der Waals surface area (Å²) >= 11 is 6.04. The van der Waals surface area contributed by atoms with Crippen LogP contribution in [0.5, 0.6) is 0 Å². The van der Waals surface area contributed by atoms with E-state index in [0.29, 0.717) is 16.4 Å². The number of anilines is 1. The SMILES string of the molecule is Cn1nc(-c2cccc(Cl)c2)cc1C(=O)Nc1cccc2[nH]ccc12. The third-order valence-corrected chi connectivity index (χ3v) is 4.31. The third-order valence-electron chi connectivity index (χ3n) is 4.08. The van der Waals surface area contributed by atoms with Crippen LogP contribution >= 0.6 is 11.6 Å². The number of carbonyl (C=O) groups excluding carboxylic acids is 1. The second-order valence-electron chi connectivity index (χ2n) is 5.75. The molecule has 2 N–H and O–H groups in total. The van der Waals surface area contributed by atoms with Crippen LogP contribution in [-0.2, 0) is 7.05 Å². The molecule has 4 rings (SSSR count). The molecule has 1 amide bonds. The summed E-state index contributed by atoms with van der Waals surface area (Å²) in [5.74, 6) is -0.211. The van der Waals surface area contributed by atoms with Gasteiger partial charge in [0.15, 0.2) is 0 Å². The molecule has 0 unspecified atom stereocenters. The predicted molar refractivity (Wildman–Crippen MR) is 99.9 cm³/mol. The van der Waals surface area contributed by atoms with Gasteiger partial charge in [-0.1, -0.05) is 29.8 Å². The number of hydrogen-bond donors (Lipinski definition) is 2. The van der Waals surface area contributed by atoms with Crippen molar-refractivity contribution in [1.82, 2.24) is 14.8 Å². The lowest BCUT2D eigenvalue weighted by atomic mass is 10.1. The van der Waals surface area contributed by atoms with Gasteiger partial charge >= 0.3 is 0 Å². The lowest BCUT2D eigenvalue weighted by Gasteiger charge is -2.06. The van der Waals surface area contributed by atoms with Crippen LogP contribution in [0.15, 0.2) is 60.8 Å². The molecule has 25 heavy (non-hydrogen) atoms. The van der Waals surface area contributed by atoms with Gasteiger partial charge in [-0.2, -0.15) is 5.10 Å². The molecule has 0 bridgehead atoms. The number of halogens is 1. The predicted octanol–water partition coefficient (Wildman–Crippen LogP) is 4.47. The number of carbonyl (C=O) groups is 1. The van der Waals surface area contributed by atoms with E-state index in [2.05, 4.69) is 15.4 Å². The normalized spacial score (nSPS) is 11.0. The number of hydrogen-bond acceptors (Lipinski definition) is 2. The van der Waals surface area contributed by atoms with Gasteiger partial charge in [0.2, 0.25) is 0 Å². The fourth-order valence-electron chi connectivity index (χ4n) is 2.85. The van der Waals surface area contributed by atoms with Crippen molar-refractivity contribution < 1.29 is 4.79 Å². The first kappa shape index (κ1) is 15.5. The summed E-state index contributed by atoms with van der Waals surface area (Å²) in [6, 6.07) is 16.8. The molecule has 124 valence electrons. The van der Waals surface area contributed by atoms with Crippen molar-refractivity contribution in [2.24, 2.45) is 7.05 Å². The van der Waals surface area contributed by atoms with Crippen molar-refractivity contribution >= 4 is 34.1 Å². The van der Waals surface area contributed by atoms with Gasteiger partial charge in [-0.3, -0.25) is 9.48 Å². The Morgan fingerprint density at radius 1 is 1.16 bits per heavy atom. The van der Waals surface area contributed by atoms with Gasteiger partial charge in [0.1, 0.15) is 5.69 Å². The van der Waals surface area contributed by atoms with Gasteiger partial charge in [-0.25, -0.2) is 0 Å². The first-order valence-electron chi connectivity index (χ1n) is 7.79. The Balaban J connectivity index is 1.66. The van der Waals surface area contributed by atoms with Crippen LogP contribution in [0, 0.1) is 0 Å². The number of nitrogens with zero attached hydrogens (tertiary/aromatic N) is 2. The monoisotopic (exact) mass is 350 g/mol. The minimum Gasteiger partial charge on any atom is -0.361 e. The van der Waals surface area contributed by atoms with Gasteiger partial charge in [0.05, 0.1) is 11.4 Å². The zero-order chi connectivity index (χ0) is 17.4. The summed E-state index contributed by atoms with van der Waals surface area (Å²) in [7, 11) is 1.75. The molecule has 0 aliphatic heterocycles. The third kappa shape index (κ3) is 2.90. The Morgan fingerprint density at radius 3 is 2.84 bits per heavy atom. The molecule has 2 aromatic carbocycles. The summed E-state index contributed by atoms with van der Waals surface area (Å²) in [6.07, 6.45) is 1.85. The molecule has 0 spiro atoms. The lowest BCUT2D eigenvalue weighted by molar-refractivity contribution is 0.101. The highest BCUT2D eigenvalue weighted by Crippen LogP contribution is 2.25. The molecule has 0 aliphatic rings. The van der Waals surface area contributed by atoms with Crippen LogP contribution in [0.1, 0.15) is 10.5 Å². The maximum Gasteiger partial charge on any atom is 0.273 e. The highest BCUT2D eigenvalue weighted by Gasteiger charge is 2.15. The number of aryl methyl sites for hydroxylation is 1. The Bertz CT molecular complexity index is 1080. The lowest BCUT2D eigenvalue weighted by Crippen LogP contribution is -2.16. The van der Waals surface area contributed by atoms with Crippen molar-refractivity contribution in [1.29, 1.82) is 0 Å². The number of amides is 1. The smallest absolute Gasteiger partial charge is 0.273 e. The van der Waals surface area contributed by atoms with Crippen molar-refractivity contribution in [3.63, 3.8) is 0 Å². The maximum atomic E-state index is 12.7. The van der Waals surface area contributed by atoms with Gasteiger partial charge in [-0.05, 0) is 36.4 Å². The average molecular weight is 351 g/mol. The Morgan fingerprint density at radius 2 is 2.00 bits per heavy atom. The molecular formula is C19H15ClN4O. The van der Waals surface area contributed by atoms with Crippen LogP contribution in [0.2, 0.25) is 5.02 Å². The molecule has 0 aliphatic carbocycles. The fourth-order valence-corrected chi connectivity index (χ4v) is 3.04. The van der Waals surface area contributed by atoms with Crippen molar-refractivity contribution in [2.75, 3.05) is 5.32 Å². The topological polar surface area (TPSA) is 62.7 Å². The van der Waals surface area contributed by atoms with Crippen molar-refractivity contribution in [3.8, 4) is 11.3 Å². The molecule has 0 saturated heterocycles. The summed E-state index contributed by atoms with van der Waals surface area (Å²) in [4.78, 5) is 15.8. The minimum absolute atomic E-state index is 0.211. The highest BCUT2D eigenvalue weighted by atomic mass is 35.5. The molecule has 5 nitrogen and oxygen atoms in total. The molecule has 6 heteroatoms. The fraction of sp³-hybridized carbons (Fsp3) is 0.0526. The number of rotatable bonds is 3. The molecule has 0 atom stereocenters. The van der Waals surface area contributed by atoms with Crippen LogP contribution in [0.25, 0.3) is 22.2 Å². The summed E-state index contributed by atoms with van der Waals surface area (Å²) in [5, 5.41) is 8.99. The Labute approximate surface area is 149 Å². The summed E-state index contributed by atoms with van der Waals surface area (Å²) in [5.41, 5.74) is 3.78. The van der Waals surface area contributed by atoms with Gasteiger partial charge in [0.25, 0.3) is 5.91 Å². The van der Waals surface area contributed by atoms with Gasteiger partial charge in [0, 0.05) is 34.7 Å². The molecule has 4 aromatic rings. The minimum atomic E-state index is -0.211. The van der Waals surface area contributed by atoms with E-state index in [4.69, 9.17) is 11.6 Å². The molecule has 0 saturated carbocycles. The quantitative estimate of drug-likeness (QED) is 0.572. The molecule has 2 heterocycles. The van der Waals surface area contributed by atoms with Crippen LogP contribution < -0.4 is 5.32 Å². The zero-order valence-electron chi connectivity index (χ0n) is 13.5. The number of nitrogens with one attached hydrogen (secondary N) is 2. The number of benzene rings is 2. The van der Waals surface area contributed by atoms with E-state index in [1.165, 1.54) is 0 Å². The van der Waals surface area contributed by atoms with Crippen LogP contribution in [-0.4, -0.2) is 20.7 Å². The standard InChI is InChI=1S/C19H15ClN4O/c1-24-18(11-17(23-24)12-4-2-5-13(20)10-12)19(25)22-16-7-3-6-15-14(16)8-9-21-15/h2-11,21H,1H3,(H,22,25). The molecule has 0 radical (unpaired) electrons. The number of fused-ring (bicyclic) bond motifs is 1. The van der Waals surface area contributed by atoms with E-state index in [9.17, 15) is 4.79 Å². The zero-order valence-corrected chi connectivity index (χ0v) is 14.2. The second-order valence-corrected chi connectivity index (χ2v) is 6.18. The van der Waals surface area contributed by atoms with E-state index < -0.39 is 0 Å². The number of aromatic amines is 1. The molecule has 2 aromatic heterocycles. The first-order chi connectivity index (χ1) is 12.1. The van der Waals surface area contributed by atoms with Crippen LogP contribution in [0.3, 0.4) is 0 Å². The molecular weight excluding hydrogens is 336 g/mol. The Hall–Kier alpha value is -3.05. The first-order valence-corrected chi connectivity index (χ1v) is 8.17. The number of aromatic nitrogens is 3. The second kappa shape index (κ2) is 6.11. The van der Waals surface area contributed by atoms with Gasteiger partial charge < -0.3 is 10.3 Å². The summed E-state index contributed by atoms with van der Waals surface area (Å²) < 4.78 is 1.57. The van der Waals surface area contributed by atoms with Gasteiger partial charge in [-0.15, -0.1) is 0 Å². The molecule has 0 fully saturated rings. The van der Waals surface area contributed by atoms with Crippen molar-refractivity contribution in [2.45, 2.75) is 0 Å². The highest BCUT2D eigenvalue weighted by molar-refractivity contribution is 6.30. The number of H-pyrrole nitrogens is 1. The summed E-state index contributed by atoms with van der Waals surface area (Å²) in [6.45, 7) is 0. The van der Waals surface area contributed by atoms with E-state index in [-0.39, 0.29) is 5.91 Å². The van der Waals surface area contributed by atoms with Crippen molar-refractivity contribution in [3.05, 3.63) is 71.5 Å². The van der Waals surface area contributed by atoms with Crippen LogP contribution in [0.4, 0.5) is 5.69 Å². The Kier molecular flexibility index (Phi) is 3.78.